The van der Waals surface area contributed by atoms with Crippen molar-refractivity contribution in [2.75, 3.05) is 6.79 Å². The third-order valence-corrected chi connectivity index (χ3v) is 3.20. The third kappa shape index (κ3) is 2.34. The van der Waals surface area contributed by atoms with Crippen LogP contribution < -0.4 is 14.8 Å². The maximum Gasteiger partial charge on any atom is 0.231 e. The van der Waals surface area contributed by atoms with Crippen LogP contribution in [-0.4, -0.2) is 11.9 Å². The first-order valence-electron chi connectivity index (χ1n) is 5.51. The number of hydrogen-bond acceptors (Lipinski definition) is 5. The van der Waals surface area contributed by atoms with E-state index in [0.29, 0.717) is 6.54 Å². The second-order valence-electron chi connectivity index (χ2n) is 3.91. The van der Waals surface area contributed by atoms with Crippen molar-refractivity contribution in [3.63, 3.8) is 0 Å². The van der Waals surface area contributed by atoms with Crippen molar-refractivity contribution in [1.82, 2.24) is 10.5 Å². The van der Waals surface area contributed by atoms with E-state index in [9.17, 15) is 0 Å². The molecule has 1 N–H and O–H groups in total. The lowest BCUT2D eigenvalue weighted by Crippen LogP contribution is -2.12. The molecule has 5 nitrogen and oxygen atoms in total. The van der Waals surface area contributed by atoms with Gasteiger partial charge in [-0.2, -0.15) is 0 Å². The van der Waals surface area contributed by atoms with Gasteiger partial charge in [0.1, 0.15) is 6.26 Å². The van der Waals surface area contributed by atoms with Crippen molar-refractivity contribution in [3.05, 3.63) is 40.2 Å². The highest BCUT2D eigenvalue weighted by Crippen LogP contribution is 2.39. The molecule has 94 valence electrons. The van der Waals surface area contributed by atoms with E-state index >= 15 is 0 Å². The predicted molar refractivity (Wildman–Crippen MR) is 67.3 cm³/mol. The highest BCUT2D eigenvalue weighted by atomic mass is 79.9. The van der Waals surface area contributed by atoms with Gasteiger partial charge < -0.3 is 19.3 Å². The minimum Gasteiger partial charge on any atom is -0.454 e. The van der Waals surface area contributed by atoms with E-state index < -0.39 is 0 Å². The van der Waals surface area contributed by atoms with Gasteiger partial charge in [-0.3, -0.25) is 0 Å². The van der Waals surface area contributed by atoms with Crippen LogP contribution in [0.3, 0.4) is 0 Å². The van der Waals surface area contributed by atoms with Gasteiger partial charge in [-0.05, 0) is 33.6 Å². The van der Waals surface area contributed by atoms with Crippen molar-refractivity contribution in [2.24, 2.45) is 0 Å². The van der Waals surface area contributed by atoms with Crippen LogP contribution in [0.4, 0.5) is 0 Å². The van der Waals surface area contributed by atoms with Gasteiger partial charge in [-0.25, -0.2) is 0 Å². The molecule has 1 aromatic heterocycles. The highest BCUT2D eigenvalue weighted by molar-refractivity contribution is 9.10. The summed E-state index contributed by atoms with van der Waals surface area (Å²) in [5.41, 5.74) is 2.00. The Labute approximate surface area is 112 Å². The average molecular weight is 311 g/mol. The number of rotatable bonds is 4. The lowest BCUT2D eigenvalue weighted by molar-refractivity contribution is 0.173. The molecule has 0 aliphatic carbocycles. The van der Waals surface area contributed by atoms with Crippen LogP contribution in [-0.2, 0) is 13.1 Å². The number of hydrogen-bond donors (Lipinski definition) is 1. The maximum atomic E-state index is 5.36. The Morgan fingerprint density at radius 1 is 1.28 bits per heavy atom. The molecular formula is C12H11BrN2O3. The standard InChI is InChI=1S/C12H11BrN2O3/c13-10-3-8(4-11-12(10)17-7-16-11)5-14-6-9-1-2-18-15-9/h1-4,14H,5-7H2. The highest BCUT2D eigenvalue weighted by Gasteiger charge is 2.17. The molecule has 0 spiro atoms. The number of aromatic nitrogens is 1. The summed E-state index contributed by atoms with van der Waals surface area (Å²) in [5.74, 6) is 1.55. The normalized spacial score (nSPS) is 12.9. The molecule has 3 rings (SSSR count). The molecule has 0 atom stereocenters. The van der Waals surface area contributed by atoms with Crippen LogP contribution in [0.25, 0.3) is 0 Å². The molecule has 2 aromatic rings. The van der Waals surface area contributed by atoms with Crippen LogP contribution in [0, 0.1) is 0 Å². The number of halogens is 1. The summed E-state index contributed by atoms with van der Waals surface area (Å²) in [6.45, 7) is 1.68. The summed E-state index contributed by atoms with van der Waals surface area (Å²) in [5, 5.41) is 7.11. The quantitative estimate of drug-likeness (QED) is 0.940. The molecule has 1 aromatic carbocycles. The lowest BCUT2D eigenvalue weighted by atomic mass is 10.2. The van der Waals surface area contributed by atoms with E-state index in [2.05, 4.69) is 26.4 Å². The molecule has 6 heteroatoms. The molecule has 2 heterocycles. The topological polar surface area (TPSA) is 56.5 Å². The fourth-order valence-corrected chi connectivity index (χ4v) is 2.39. The number of nitrogens with zero attached hydrogens (tertiary/aromatic N) is 1. The molecule has 1 aliphatic heterocycles. The third-order valence-electron chi connectivity index (χ3n) is 2.61. The fourth-order valence-electron chi connectivity index (χ4n) is 1.79. The Hall–Kier alpha value is -1.53. The van der Waals surface area contributed by atoms with Crippen LogP contribution >= 0.6 is 15.9 Å². The molecule has 18 heavy (non-hydrogen) atoms. The van der Waals surface area contributed by atoms with Crippen molar-refractivity contribution < 1.29 is 14.0 Å². The van der Waals surface area contributed by atoms with Crippen LogP contribution in [0.1, 0.15) is 11.3 Å². The zero-order valence-electron chi connectivity index (χ0n) is 9.48. The van der Waals surface area contributed by atoms with E-state index in [1.54, 1.807) is 6.26 Å². The van der Waals surface area contributed by atoms with Gasteiger partial charge in [-0.1, -0.05) is 5.16 Å². The molecule has 0 saturated carbocycles. The molecule has 0 radical (unpaired) electrons. The van der Waals surface area contributed by atoms with Crippen LogP contribution in [0.2, 0.25) is 0 Å². The summed E-state index contributed by atoms with van der Waals surface area (Å²) in [7, 11) is 0. The van der Waals surface area contributed by atoms with Gasteiger partial charge in [0, 0.05) is 19.2 Å². The van der Waals surface area contributed by atoms with E-state index in [4.69, 9.17) is 14.0 Å². The second kappa shape index (κ2) is 4.99. The van der Waals surface area contributed by atoms with Crippen molar-refractivity contribution in [2.45, 2.75) is 13.1 Å². The van der Waals surface area contributed by atoms with Gasteiger partial charge in [0.15, 0.2) is 11.5 Å². The summed E-state index contributed by atoms with van der Waals surface area (Å²) in [4.78, 5) is 0. The van der Waals surface area contributed by atoms with Crippen molar-refractivity contribution >= 4 is 15.9 Å². The first-order chi connectivity index (χ1) is 8.83. The molecule has 0 amide bonds. The minimum atomic E-state index is 0.282. The first-order valence-corrected chi connectivity index (χ1v) is 6.30. The fraction of sp³-hybridized carbons (Fsp3) is 0.250. The summed E-state index contributed by atoms with van der Waals surface area (Å²) in [6, 6.07) is 5.83. The van der Waals surface area contributed by atoms with E-state index in [1.165, 1.54) is 0 Å². The Morgan fingerprint density at radius 2 is 2.22 bits per heavy atom. The second-order valence-corrected chi connectivity index (χ2v) is 4.76. The van der Waals surface area contributed by atoms with Gasteiger partial charge >= 0.3 is 0 Å². The lowest BCUT2D eigenvalue weighted by Gasteiger charge is -2.06. The Kier molecular flexibility index (Phi) is 3.21. The predicted octanol–water partition coefficient (Wildman–Crippen LogP) is 2.46. The maximum absolute atomic E-state index is 5.36. The average Bonchev–Trinajstić information content (AvgIpc) is 2.99. The van der Waals surface area contributed by atoms with Crippen molar-refractivity contribution in [3.8, 4) is 11.5 Å². The number of ether oxygens (including phenoxy) is 2. The van der Waals surface area contributed by atoms with Gasteiger partial charge in [0.2, 0.25) is 6.79 Å². The minimum absolute atomic E-state index is 0.282. The van der Waals surface area contributed by atoms with Gasteiger partial charge in [-0.15, -0.1) is 0 Å². The molecule has 0 bridgehead atoms. The van der Waals surface area contributed by atoms with Gasteiger partial charge in [0.05, 0.1) is 10.2 Å². The molecule has 1 aliphatic rings. The number of benzene rings is 1. The molecule has 0 saturated heterocycles. The molecular weight excluding hydrogens is 300 g/mol. The summed E-state index contributed by atoms with van der Waals surface area (Å²) < 4.78 is 16.4. The number of fused-ring (bicyclic) bond motifs is 1. The Balaban J connectivity index is 1.65. The zero-order valence-corrected chi connectivity index (χ0v) is 11.1. The summed E-state index contributed by atoms with van der Waals surface area (Å²) >= 11 is 3.47. The van der Waals surface area contributed by atoms with Crippen molar-refractivity contribution in [1.29, 1.82) is 0 Å². The SMILES string of the molecule is Brc1cc(CNCc2ccon2)cc2c1OCO2. The van der Waals surface area contributed by atoms with E-state index in [-0.39, 0.29) is 6.79 Å². The van der Waals surface area contributed by atoms with Gasteiger partial charge in [0.25, 0.3) is 0 Å². The number of nitrogens with one attached hydrogen (secondary N) is 1. The summed E-state index contributed by atoms with van der Waals surface area (Å²) in [6.07, 6.45) is 1.56. The first kappa shape index (κ1) is 11.6. The largest absolute Gasteiger partial charge is 0.454 e. The smallest absolute Gasteiger partial charge is 0.231 e. The van der Waals surface area contributed by atoms with E-state index in [0.717, 1.165) is 33.8 Å². The zero-order chi connectivity index (χ0) is 12.4. The van der Waals surface area contributed by atoms with E-state index in [1.807, 2.05) is 18.2 Å². The van der Waals surface area contributed by atoms with Crippen LogP contribution in [0.5, 0.6) is 11.5 Å². The Morgan fingerprint density at radius 3 is 3.06 bits per heavy atom. The Bertz CT molecular complexity index is 543. The monoisotopic (exact) mass is 310 g/mol. The van der Waals surface area contributed by atoms with Crippen LogP contribution in [0.15, 0.2) is 33.5 Å². The molecule has 0 unspecified atom stereocenters. The molecule has 0 fully saturated rings.